The molecule has 0 N–H and O–H groups in total. The third-order valence-corrected chi connectivity index (χ3v) is 8.21. The van der Waals surface area contributed by atoms with Crippen molar-refractivity contribution >= 4 is 17.9 Å². The lowest BCUT2D eigenvalue weighted by Gasteiger charge is -2.18. The molecule has 0 saturated heterocycles. The maximum absolute atomic E-state index is 12.6. The lowest BCUT2D eigenvalue weighted by molar-refractivity contribution is -0.167. The van der Waals surface area contributed by atoms with Gasteiger partial charge in [-0.2, -0.15) is 0 Å². The lowest BCUT2D eigenvalue weighted by atomic mass is 10.1. The number of carbonyl (C=O) groups excluding carboxylic acids is 3. The van der Waals surface area contributed by atoms with Crippen LogP contribution in [0.1, 0.15) is 162 Å². The quantitative estimate of drug-likeness (QED) is 0.0212. The van der Waals surface area contributed by atoms with Crippen molar-refractivity contribution in [2.75, 3.05) is 13.2 Å². The molecule has 0 heterocycles. The van der Waals surface area contributed by atoms with Crippen LogP contribution in [0.2, 0.25) is 0 Å². The largest absolute Gasteiger partial charge is 0.462 e. The summed E-state index contributed by atoms with van der Waals surface area (Å²) in [6, 6.07) is 0. The molecular formula is C47H74O6. The molecule has 0 spiro atoms. The average Bonchev–Trinajstić information content (AvgIpc) is 3.15. The van der Waals surface area contributed by atoms with Crippen LogP contribution in [0.5, 0.6) is 0 Å². The average molecular weight is 735 g/mol. The van der Waals surface area contributed by atoms with Crippen LogP contribution in [0.4, 0.5) is 0 Å². The maximum atomic E-state index is 12.6. The van der Waals surface area contributed by atoms with Crippen molar-refractivity contribution in [2.24, 2.45) is 0 Å². The van der Waals surface area contributed by atoms with Gasteiger partial charge in [0.1, 0.15) is 13.2 Å². The second-order valence-corrected chi connectivity index (χ2v) is 13.3. The zero-order valence-corrected chi connectivity index (χ0v) is 33.7. The number of rotatable bonds is 35. The molecule has 0 aromatic carbocycles. The summed E-state index contributed by atoms with van der Waals surface area (Å²) in [7, 11) is 0. The summed E-state index contributed by atoms with van der Waals surface area (Å²) in [6.45, 7) is 6.22. The van der Waals surface area contributed by atoms with Crippen molar-refractivity contribution < 1.29 is 28.6 Å². The Balaban J connectivity index is 4.59. The van der Waals surface area contributed by atoms with Crippen molar-refractivity contribution in [3.63, 3.8) is 0 Å². The second kappa shape index (κ2) is 41.1. The first kappa shape index (κ1) is 49.3. The van der Waals surface area contributed by atoms with Crippen LogP contribution < -0.4 is 0 Å². The van der Waals surface area contributed by atoms with Crippen LogP contribution in [0, 0.1) is 0 Å². The predicted octanol–water partition coefficient (Wildman–Crippen LogP) is 13.1. The summed E-state index contributed by atoms with van der Waals surface area (Å²) in [4.78, 5) is 37.5. The van der Waals surface area contributed by atoms with E-state index in [-0.39, 0.29) is 44.0 Å². The minimum atomic E-state index is -0.822. The number of carbonyl (C=O) groups is 3. The molecule has 0 fully saturated rings. The Morgan fingerprint density at radius 2 is 0.849 bits per heavy atom. The normalized spacial score (nSPS) is 13.0. The van der Waals surface area contributed by atoms with Gasteiger partial charge in [-0.3, -0.25) is 14.4 Å². The van der Waals surface area contributed by atoms with Crippen molar-refractivity contribution in [1.29, 1.82) is 0 Å². The molecule has 6 heteroatoms. The number of hydrogen-bond donors (Lipinski definition) is 0. The molecule has 0 aromatic rings. The number of hydrogen-bond acceptors (Lipinski definition) is 6. The van der Waals surface area contributed by atoms with Crippen molar-refractivity contribution in [3.8, 4) is 0 Å². The van der Waals surface area contributed by atoms with Gasteiger partial charge in [0, 0.05) is 19.3 Å². The summed E-state index contributed by atoms with van der Waals surface area (Å²) in [5.74, 6) is -1.05. The molecule has 53 heavy (non-hydrogen) atoms. The lowest BCUT2D eigenvalue weighted by Crippen LogP contribution is -2.30. The molecule has 0 aliphatic carbocycles. The number of unbranched alkanes of at least 4 members (excludes halogenated alkanes) is 12. The van der Waals surface area contributed by atoms with Gasteiger partial charge in [-0.05, 0) is 64.2 Å². The Morgan fingerprint density at radius 3 is 1.43 bits per heavy atom. The van der Waals surface area contributed by atoms with Crippen LogP contribution in [0.15, 0.2) is 97.2 Å². The van der Waals surface area contributed by atoms with Gasteiger partial charge in [-0.1, -0.05) is 176 Å². The molecule has 0 radical (unpaired) electrons. The fourth-order valence-electron chi connectivity index (χ4n) is 5.13. The van der Waals surface area contributed by atoms with Gasteiger partial charge in [-0.25, -0.2) is 0 Å². The molecule has 0 aliphatic rings. The molecular weight excluding hydrogens is 661 g/mol. The van der Waals surface area contributed by atoms with Gasteiger partial charge < -0.3 is 14.2 Å². The Kier molecular flexibility index (Phi) is 38.2. The number of allylic oxidation sites excluding steroid dienone is 16. The fraction of sp³-hybridized carbons (Fsp3) is 0.596. The molecule has 6 nitrogen and oxygen atoms in total. The second-order valence-electron chi connectivity index (χ2n) is 13.3. The van der Waals surface area contributed by atoms with E-state index in [4.69, 9.17) is 14.2 Å². The SMILES string of the molecule is CC\C=C/C=C\C=C/C=C\C=C/CCCC(=O)OCC(COC(=O)CCCCCCCCCCCC)OC(=O)CCCC/C=C\C/C=C\C/C=C\CC. The topological polar surface area (TPSA) is 78.9 Å². The maximum Gasteiger partial charge on any atom is 0.306 e. The van der Waals surface area contributed by atoms with Crippen LogP contribution in [0.3, 0.4) is 0 Å². The van der Waals surface area contributed by atoms with Crippen molar-refractivity contribution in [2.45, 2.75) is 168 Å². The highest BCUT2D eigenvalue weighted by Gasteiger charge is 2.19. The first-order valence-corrected chi connectivity index (χ1v) is 20.8. The number of ether oxygens (including phenoxy) is 3. The van der Waals surface area contributed by atoms with Crippen molar-refractivity contribution in [1.82, 2.24) is 0 Å². The standard InChI is InChI=1S/C47H74O6/c1-4-7-10-13-16-19-22-24-26-28-31-34-37-40-46(49)52-43-44(42-51-45(48)39-36-33-30-27-21-18-15-12-9-6-3)53-47(50)41-38-35-32-29-25-23-20-17-14-11-8-5-2/h7-8,10-11,13,16-17,19-20,22,24-26,28-29,31,44H,4-6,9,12,14-15,18,21,23,27,30,32-43H2,1-3H3/b10-7-,11-8-,16-13-,20-17-,22-19-,26-24-,29-25-,31-28-. The summed E-state index contributed by atoms with van der Waals surface area (Å²) in [6.07, 6.45) is 52.6. The molecule has 0 aliphatic heterocycles. The molecule has 0 saturated carbocycles. The molecule has 1 atom stereocenters. The molecule has 0 bridgehead atoms. The van der Waals surface area contributed by atoms with Crippen LogP contribution in [0.25, 0.3) is 0 Å². The highest BCUT2D eigenvalue weighted by atomic mass is 16.6. The molecule has 0 rings (SSSR count). The summed E-state index contributed by atoms with van der Waals surface area (Å²) in [5, 5.41) is 0. The van der Waals surface area contributed by atoms with Crippen LogP contribution in [-0.4, -0.2) is 37.2 Å². The predicted molar refractivity (Wildman–Crippen MR) is 224 cm³/mol. The number of esters is 3. The van der Waals surface area contributed by atoms with Crippen LogP contribution in [-0.2, 0) is 28.6 Å². The third-order valence-electron chi connectivity index (χ3n) is 8.21. The van der Waals surface area contributed by atoms with Crippen LogP contribution >= 0.6 is 0 Å². The first-order valence-electron chi connectivity index (χ1n) is 20.8. The smallest absolute Gasteiger partial charge is 0.306 e. The van der Waals surface area contributed by atoms with E-state index in [0.29, 0.717) is 19.3 Å². The third kappa shape index (κ3) is 39.4. The highest BCUT2D eigenvalue weighted by Crippen LogP contribution is 2.12. The van der Waals surface area contributed by atoms with Gasteiger partial charge in [0.2, 0.25) is 0 Å². The summed E-state index contributed by atoms with van der Waals surface area (Å²) < 4.78 is 16.5. The van der Waals surface area contributed by atoms with E-state index in [2.05, 4.69) is 63.3 Å². The summed E-state index contributed by atoms with van der Waals surface area (Å²) in [5.41, 5.74) is 0. The minimum Gasteiger partial charge on any atom is -0.462 e. The first-order chi connectivity index (χ1) is 26.0. The van der Waals surface area contributed by atoms with E-state index in [9.17, 15) is 14.4 Å². The molecule has 0 amide bonds. The molecule has 298 valence electrons. The Labute approximate surface area is 324 Å². The van der Waals surface area contributed by atoms with E-state index < -0.39 is 6.10 Å². The van der Waals surface area contributed by atoms with Crippen molar-refractivity contribution in [3.05, 3.63) is 97.2 Å². The van der Waals surface area contributed by atoms with Gasteiger partial charge in [0.05, 0.1) is 0 Å². The van der Waals surface area contributed by atoms with E-state index in [1.807, 2.05) is 54.7 Å². The Bertz CT molecular complexity index is 1120. The van der Waals surface area contributed by atoms with E-state index >= 15 is 0 Å². The Hall–Kier alpha value is -3.67. The van der Waals surface area contributed by atoms with Gasteiger partial charge in [-0.15, -0.1) is 0 Å². The van der Waals surface area contributed by atoms with E-state index in [1.165, 1.54) is 44.9 Å². The molecule has 1 unspecified atom stereocenters. The minimum absolute atomic E-state index is 0.116. The van der Waals surface area contributed by atoms with E-state index in [1.54, 1.807) is 0 Å². The zero-order valence-electron chi connectivity index (χ0n) is 33.7. The van der Waals surface area contributed by atoms with Gasteiger partial charge in [0.15, 0.2) is 6.10 Å². The molecule has 0 aromatic heterocycles. The van der Waals surface area contributed by atoms with E-state index in [0.717, 1.165) is 64.2 Å². The zero-order chi connectivity index (χ0) is 38.7. The Morgan fingerprint density at radius 1 is 0.415 bits per heavy atom. The van der Waals surface area contributed by atoms with Gasteiger partial charge >= 0.3 is 17.9 Å². The highest BCUT2D eigenvalue weighted by molar-refractivity contribution is 5.71. The fourth-order valence-corrected chi connectivity index (χ4v) is 5.13. The van der Waals surface area contributed by atoms with Gasteiger partial charge in [0.25, 0.3) is 0 Å². The summed E-state index contributed by atoms with van der Waals surface area (Å²) >= 11 is 0. The monoisotopic (exact) mass is 735 g/mol.